The van der Waals surface area contributed by atoms with Crippen molar-refractivity contribution in [2.45, 2.75) is 57.6 Å². The molecule has 0 aromatic carbocycles. The Labute approximate surface area is 122 Å². The quantitative estimate of drug-likeness (QED) is 0.518. The molecule has 2 atom stereocenters. The average molecular weight is 287 g/mol. The third kappa shape index (κ3) is 5.04. The molecule has 0 aliphatic heterocycles. The Balaban J connectivity index is 2.41. The lowest BCUT2D eigenvalue weighted by Gasteiger charge is -2.38. The van der Waals surface area contributed by atoms with Gasteiger partial charge < -0.3 is 19.5 Å². The minimum Gasteiger partial charge on any atom is -0.465 e. The molecular formula is C15H29NO4. The van der Waals surface area contributed by atoms with Gasteiger partial charge in [0.05, 0.1) is 25.9 Å². The van der Waals surface area contributed by atoms with E-state index in [1.54, 1.807) is 0 Å². The van der Waals surface area contributed by atoms with E-state index >= 15 is 0 Å². The van der Waals surface area contributed by atoms with Crippen LogP contribution in [0.2, 0.25) is 0 Å². The molecular weight excluding hydrogens is 258 g/mol. The molecule has 5 nitrogen and oxygen atoms in total. The maximum atomic E-state index is 12.1. The fourth-order valence-electron chi connectivity index (χ4n) is 2.67. The molecule has 5 heteroatoms. The van der Waals surface area contributed by atoms with Gasteiger partial charge in [-0.3, -0.25) is 4.79 Å². The van der Waals surface area contributed by atoms with Gasteiger partial charge in [0.15, 0.2) is 0 Å². The summed E-state index contributed by atoms with van der Waals surface area (Å²) in [5, 5.41) is 3.16. The summed E-state index contributed by atoms with van der Waals surface area (Å²) < 4.78 is 16.4. The molecule has 0 aromatic rings. The Morgan fingerprint density at radius 1 is 1.30 bits per heavy atom. The van der Waals surface area contributed by atoms with Crippen molar-refractivity contribution < 1.29 is 19.0 Å². The van der Waals surface area contributed by atoms with Crippen LogP contribution < -0.4 is 5.32 Å². The molecule has 0 radical (unpaired) electrons. The van der Waals surface area contributed by atoms with E-state index in [1.807, 2.05) is 14.0 Å². The van der Waals surface area contributed by atoms with Gasteiger partial charge in [0.25, 0.3) is 0 Å². The van der Waals surface area contributed by atoms with Gasteiger partial charge in [-0.25, -0.2) is 0 Å². The van der Waals surface area contributed by atoms with E-state index in [-0.39, 0.29) is 12.1 Å². The molecule has 20 heavy (non-hydrogen) atoms. The number of likely N-dealkylation sites (N-methyl/N-ethyl adjacent to an activating group) is 1. The molecule has 2 unspecified atom stereocenters. The van der Waals surface area contributed by atoms with Gasteiger partial charge in [-0.2, -0.15) is 0 Å². The lowest BCUT2D eigenvalue weighted by molar-refractivity contribution is -0.155. The Kier molecular flexibility index (Phi) is 8.11. The van der Waals surface area contributed by atoms with Crippen LogP contribution in [0.1, 0.15) is 46.0 Å². The minimum absolute atomic E-state index is 0.103. The molecule has 0 heterocycles. The van der Waals surface area contributed by atoms with Gasteiger partial charge in [0.1, 0.15) is 5.54 Å². The van der Waals surface area contributed by atoms with Crippen LogP contribution in [0.3, 0.4) is 0 Å². The maximum absolute atomic E-state index is 12.1. The van der Waals surface area contributed by atoms with Crippen molar-refractivity contribution in [3.63, 3.8) is 0 Å². The molecule has 0 spiro atoms. The first-order valence-electron chi connectivity index (χ1n) is 7.74. The van der Waals surface area contributed by atoms with Crippen molar-refractivity contribution in [2.75, 3.05) is 33.5 Å². The first kappa shape index (κ1) is 17.4. The molecule has 1 aliphatic carbocycles. The fraction of sp³-hybridized carbons (Fsp3) is 0.933. The van der Waals surface area contributed by atoms with E-state index in [9.17, 15) is 4.79 Å². The summed E-state index contributed by atoms with van der Waals surface area (Å²) in [7, 11) is 1.82. The van der Waals surface area contributed by atoms with Crippen LogP contribution in [-0.4, -0.2) is 51.1 Å². The van der Waals surface area contributed by atoms with Gasteiger partial charge >= 0.3 is 5.97 Å². The number of hydrogen-bond donors (Lipinski definition) is 1. The van der Waals surface area contributed by atoms with Crippen LogP contribution in [-0.2, 0) is 19.0 Å². The van der Waals surface area contributed by atoms with E-state index in [4.69, 9.17) is 14.2 Å². The molecule has 0 amide bonds. The minimum atomic E-state index is -0.580. The highest BCUT2D eigenvalue weighted by atomic mass is 16.5. The molecule has 1 N–H and O–H groups in total. The first-order valence-corrected chi connectivity index (χ1v) is 7.74. The highest BCUT2D eigenvalue weighted by molar-refractivity contribution is 5.81. The molecule has 0 bridgehead atoms. The lowest BCUT2D eigenvalue weighted by Crippen LogP contribution is -2.55. The summed E-state index contributed by atoms with van der Waals surface area (Å²) in [5.41, 5.74) is -0.580. The number of carbonyl (C=O) groups excluding carboxylic acids is 1. The first-order chi connectivity index (χ1) is 9.68. The average Bonchev–Trinajstić information content (AvgIpc) is 2.47. The number of carbonyl (C=O) groups is 1. The van der Waals surface area contributed by atoms with Gasteiger partial charge in [-0.1, -0.05) is 6.92 Å². The van der Waals surface area contributed by atoms with E-state index in [0.29, 0.717) is 26.2 Å². The molecule has 1 rings (SSSR count). The predicted molar refractivity (Wildman–Crippen MR) is 77.7 cm³/mol. The summed E-state index contributed by atoms with van der Waals surface area (Å²) in [5.74, 6) is -0.155. The summed E-state index contributed by atoms with van der Waals surface area (Å²) in [6.07, 6.45) is 4.59. The topological polar surface area (TPSA) is 56.8 Å². The second kappa shape index (κ2) is 9.32. The standard InChI is InChI=1S/C15H29NO4/c1-4-9-18-10-11-20-13-7-6-8-15(12-13,16-3)14(17)19-5-2/h13,16H,4-12H2,1-3H3. The molecule has 0 saturated heterocycles. The number of nitrogens with one attached hydrogen (secondary N) is 1. The molecule has 118 valence electrons. The second-order valence-corrected chi connectivity index (χ2v) is 5.25. The zero-order valence-corrected chi connectivity index (χ0v) is 13.1. The summed E-state index contributed by atoms with van der Waals surface area (Å²) in [6, 6.07) is 0. The fourth-order valence-corrected chi connectivity index (χ4v) is 2.67. The van der Waals surface area contributed by atoms with Crippen LogP contribution >= 0.6 is 0 Å². The van der Waals surface area contributed by atoms with E-state index < -0.39 is 5.54 Å². The predicted octanol–water partition coefficient (Wildman–Crippen LogP) is 1.89. The molecule has 1 saturated carbocycles. The van der Waals surface area contributed by atoms with E-state index in [2.05, 4.69) is 12.2 Å². The third-order valence-corrected chi connectivity index (χ3v) is 3.78. The molecule has 1 aliphatic rings. The summed E-state index contributed by atoms with van der Waals surface area (Å²) >= 11 is 0. The third-order valence-electron chi connectivity index (χ3n) is 3.78. The zero-order valence-electron chi connectivity index (χ0n) is 13.1. The van der Waals surface area contributed by atoms with E-state index in [0.717, 1.165) is 32.3 Å². The Bertz CT molecular complexity index is 285. The van der Waals surface area contributed by atoms with Crippen LogP contribution in [0.15, 0.2) is 0 Å². The number of ether oxygens (including phenoxy) is 3. The Hall–Kier alpha value is -0.650. The second-order valence-electron chi connectivity index (χ2n) is 5.25. The molecule has 0 aromatic heterocycles. The van der Waals surface area contributed by atoms with Crippen LogP contribution in [0.5, 0.6) is 0 Å². The van der Waals surface area contributed by atoms with Crippen molar-refractivity contribution in [1.82, 2.24) is 5.32 Å². The number of esters is 1. The molecule has 1 fully saturated rings. The Morgan fingerprint density at radius 2 is 2.10 bits per heavy atom. The van der Waals surface area contributed by atoms with Crippen molar-refractivity contribution in [2.24, 2.45) is 0 Å². The lowest BCUT2D eigenvalue weighted by atomic mass is 9.80. The number of rotatable bonds is 9. The normalized spacial score (nSPS) is 26.4. The SMILES string of the molecule is CCCOCCOC1CCCC(NC)(C(=O)OCC)C1. The van der Waals surface area contributed by atoms with Gasteiger partial charge in [-0.05, 0) is 39.7 Å². The van der Waals surface area contributed by atoms with E-state index in [1.165, 1.54) is 0 Å². The zero-order chi connectivity index (χ0) is 14.8. The monoisotopic (exact) mass is 287 g/mol. The summed E-state index contributed by atoms with van der Waals surface area (Å²) in [4.78, 5) is 12.1. The van der Waals surface area contributed by atoms with Crippen molar-refractivity contribution in [1.29, 1.82) is 0 Å². The van der Waals surface area contributed by atoms with Gasteiger partial charge in [0, 0.05) is 13.0 Å². The van der Waals surface area contributed by atoms with Crippen molar-refractivity contribution in [3.05, 3.63) is 0 Å². The van der Waals surface area contributed by atoms with Crippen molar-refractivity contribution >= 4 is 5.97 Å². The van der Waals surface area contributed by atoms with Crippen LogP contribution in [0.4, 0.5) is 0 Å². The summed E-state index contributed by atoms with van der Waals surface area (Å²) in [6.45, 7) is 6.32. The highest BCUT2D eigenvalue weighted by Gasteiger charge is 2.43. The Morgan fingerprint density at radius 3 is 2.75 bits per heavy atom. The smallest absolute Gasteiger partial charge is 0.326 e. The largest absolute Gasteiger partial charge is 0.465 e. The van der Waals surface area contributed by atoms with Gasteiger partial charge in [0.2, 0.25) is 0 Å². The van der Waals surface area contributed by atoms with Crippen LogP contribution in [0, 0.1) is 0 Å². The van der Waals surface area contributed by atoms with Gasteiger partial charge in [-0.15, -0.1) is 0 Å². The van der Waals surface area contributed by atoms with Crippen LogP contribution in [0.25, 0.3) is 0 Å². The van der Waals surface area contributed by atoms with Crippen molar-refractivity contribution in [3.8, 4) is 0 Å². The highest BCUT2D eigenvalue weighted by Crippen LogP contribution is 2.31. The number of hydrogen-bond acceptors (Lipinski definition) is 5. The maximum Gasteiger partial charge on any atom is 0.326 e.